The van der Waals surface area contributed by atoms with Gasteiger partial charge in [0, 0.05) is 5.56 Å². The molecule has 0 heterocycles. The van der Waals surface area contributed by atoms with Crippen molar-refractivity contribution in [2.45, 2.75) is 10.7 Å². The summed E-state index contributed by atoms with van der Waals surface area (Å²) in [5.74, 6) is -1.90. The van der Waals surface area contributed by atoms with E-state index in [0.29, 0.717) is 11.1 Å². The zero-order valence-corrected chi connectivity index (χ0v) is 26.2. The number of amides is 1. The van der Waals surface area contributed by atoms with Crippen molar-refractivity contribution in [2.24, 2.45) is 5.73 Å². The fourth-order valence-electron chi connectivity index (χ4n) is 4.35. The maximum absolute atomic E-state index is 14.7. The first-order chi connectivity index (χ1) is 21.1. The van der Waals surface area contributed by atoms with Crippen molar-refractivity contribution in [3.63, 3.8) is 0 Å². The second-order valence-corrected chi connectivity index (χ2v) is 13.4. The lowest BCUT2D eigenvalue weighted by atomic mass is 10.1. The highest BCUT2D eigenvalue weighted by Gasteiger charge is 2.42. The fourth-order valence-corrected chi connectivity index (χ4v) is 7.29. The van der Waals surface area contributed by atoms with Gasteiger partial charge in [-0.05, 0) is 52.7 Å². The molecule has 0 aliphatic carbocycles. The zero-order chi connectivity index (χ0) is 31.2. The Labute approximate surface area is 267 Å². The minimum Gasteiger partial charge on any atom is -0.414 e. The predicted molar refractivity (Wildman–Crippen MR) is 176 cm³/mol. The summed E-state index contributed by atoms with van der Waals surface area (Å²) in [5.41, 5.74) is 6.34. The van der Waals surface area contributed by atoms with Crippen molar-refractivity contribution < 1.29 is 26.8 Å². The van der Waals surface area contributed by atoms with Crippen LogP contribution < -0.4 is 24.8 Å². The van der Waals surface area contributed by atoms with Crippen molar-refractivity contribution >= 4 is 52.5 Å². The van der Waals surface area contributed by atoms with Crippen molar-refractivity contribution in [3.8, 4) is 11.5 Å². The molecule has 10 nitrogen and oxygen atoms in total. The molecule has 0 aliphatic rings. The molecule has 5 N–H and O–H groups in total. The SMILES string of the molecule is Cl.N=C(N)c1ccc(C(NC(=O)CNS(=O)(=O)c2ccc3ccccc3c2)P(=O)(Oc2ccccc2)Oc2ccccc2)cc1. The molecule has 5 aromatic carbocycles. The number of nitrogens with one attached hydrogen (secondary N) is 3. The van der Waals surface area contributed by atoms with Gasteiger partial charge in [0.05, 0.1) is 11.4 Å². The van der Waals surface area contributed by atoms with Gasteiger partial charge in [-0.2, -0.15) is 0 Å². The molecule has 45 heavy (non-hydrogen) atoms. The number of amidine groups is 1. The highest BCUT2D eigenvalue weighted by Crippen LogP contribution is 2.59. The number of nitrogens with two attached hydrogens (primary N) is 1. The topological polar surface area (TPSA) is 161 Å². The molecule has 0 aromatic heterocycles. The van der Waals surface area contributed by atoms with E-state index in [1.165, 1.54) is 36.4 Å². The first kappa shape index (κ1) is 33.2. The van der Waals surface area contributed by atoms with E-state index in [9.17, 15) is 17.8 Å². The number of sulfonamides is 1. The summed E-state index contributed by atoms with van der Waals surface area (Å²) in [5, 5.41) is 12.0. The molecule has 1 unspecified atom stereocenters. The molecule has 13 heteroatoms. The van der Waals surface area contributed by atoms with Gasteiger partial charge in [0.15, 0.2) is 5.78 Å². The summed E-state index contributed by atoms with van der Waals surface area (Å²) in [4.78, 5) is 13.3. The lowest BCUT2D eigenvalue weighted by Gasteiger charge is -2.28. The van der Waals surface area contributed by atoms with E-state index in [-0.39, 0.29) is 34.6 Å². The Kier molecular flexibility index (Phi) is 10.6. The van der Waals surface area contributed by atoms with E-state index in [4.69, 9.17) is 20.2 Å². The van der Waals surface area contributed by atoms with Gasteiger partial charge in [-0.25, -0.2) is 17.7 Å². The van der Waals surface area contributed by atoms with Crippen LogP contribution in [0.3, 0.4) is 0 Å². The smallest absolute Gasteiger partial charge is 0.414 e. The van der Waals surface area contributed by atoms with Crippen molar-refractivity contribution in [1.29, 1.82) is 5.41 Å². The molecule has 0 radical (unpaired) electrons. The number of para-hydroxylation sites is 2. The normalized spacial score (nSPS) is 12.0. The summed E-state index contributed by atoms with van der Waals surface area (Å²) in [6, 6.07) is 34.8. The Bertz CT molecular complexity index is 1900. The molecule has 0 saturated carbocycles. The Morgan fingerprint density at radius 3 is 1.87 bits per heavy atom. The maximum Gasteiger partial charge on any atom is 0.457 e. The van der Waals surface area contributed by atoms with E-state index >= 15 is 0 Å². The summed E-state index contributed by atoms with van der Waals surface area (Å²) in [7, 11) is -8.41. The van der Waals surface area contributed by atoms with Crippen LogP contribution in [0, 0.1) is 5.41 Å². The Balaban J connectivity index is 0.00000461. The van der Waals surface area contributed by atoms with E-state index in [1.54, 1.807) is 78.9 Å². The van der Waals surface area contributed by atoms with E-state index in [1.807, 2.05) is 12.1 Å². The highest BCUT2D eigenvalue weighted by molar-refractivity contribution is 7.89. The van der Waals surface area contributed by atoms with Crippen LogP contribution in [0.4, 0.5) is 0 Å². The molecule has 1 atom stereocenters. The van der Waals surface area contributed by atoms with Gasteiger partial charge >= 0.3 is 7.60 Å². The standard InChI is InChI=1S/C32H29N4O6PS.ClH/c33-31(34)24-15-17-25(18-16-24)32(43(38,41-27-11-3-1-4-12-27)42-28-13-5-2-6-14-28)36-30(37)22-35-44(39,40)29-20-19-23-9-7-8-10-26(23)21-29;/h1-21,32,35H,22H2,(H3,33,34)(H,36,37);1H. The highest BCUT2D eigenvalue weighted by atomic mass is 35.5. The second-order valence-electron chi connectivity index (χ2n) is 9.69. The van der Waals surface area contributed by atoms with Crippen LogP contribution >= 0.6 is 20.0 Å². The van der Waals surface area contributed by atoms with Gasteiger partial charge < -0.3 is 20.1 Å². The fraction of sp³-hybridized carbons (Fsp3) is 0.0625. The van der Waals surface area contributed by atoms with Crippen LogP contribution in [0.15, 0.2) is 132 Å². The Morgan fingerprint density at radius 2 is 1.31 bits per heavy atom. The van der Waals surface area contributed by atoms with E-state index in [2.05, 4.69) is 10.0 Å². The van der Waals surface area contributed by atoms with Crippen molar-refractivity contribution in [1.82, 2.24) is 10.0 Å². The molecule has 1 amide bonds. The second kappa shape index (κ2) is 14.4. The molecule has 0 bridgehead atoms. The first-order valence-electron chi connectivity index (χ1n) is 13.4. The quantitative estimate of drug-likeness (QED) is 0.0724. The van der Waals surface area contributed by atoms with Gasteiger partial charge in [-0.15, -0.1) is 12.4 Å². The third kappa shape index (κ3) is 8.29. The molecule has 5 rings (SSSR count). The number of fused-ring (bicyclic) bond motifs is 1. The molecule has 232 valence electrons. The van der Waals surface area contributed by atoms with E-state index < -0.39 is 35.9 Å². The molecule has 0 spiro atoms. The first-order valence-corrected chi connectivity index (χ1v) is 16.5. The van der Waals surface area contributed by atoms with Crippen LogP contribution in [-0.2, 0) is 19.4 Å². The minimum absolute atomic E-state index is 0. The Hall–Kier alpha value is -4.67. The third-order valence-electron chi connectivity index (χ3n) is 6.56. The molecule has 0 aliphatic heterocycles. The number of carbonyl (C=O) groups excluding carboxylic acids is 1. The maximum atomic E-state index is 14.7. The Morgan fingerprint density at radius 1 is 0.778 bits per heavy atom. The monoisotopic (exact) mass is 664 g/mol. The van der Waals surface area contributed by atoms with Crippen LogP contribution in [-0.4, -0.2) is 26.7 Å². The molecule has 5 aromatic rings. The predicted octanol–water partition coefficient (Wildman–Crippen LogP) is 5.99. The lowest BCUT2D eigenvalue weighted by Crippen LogP contribution is -2.39. The van der Waals surface area contributed by atoms with E-state index in [0.717, 1.165) is 10.8 Å². The third-order valence-corrected chi connectivity index (χ3v) is 9.95. The largest absolute Gasteiger partial charge is 0.457 e. The molecular formula is C32H30ClN4O6PS. The summed E-state index contributed by atoms with van der Waals surface area (Å²) >= 11 is 0. The lowest BCUT2D eigenvalue weighted by molar-refractivity contribution is -0.120. The van der Waals surface area contributed by atoms with Crippen LogP contribution in [0.25, 0.3) is 10.8 Å². The van der Waals surface area contributed by atoms with Crippen molar-refractivity contribution in [3.05, 3.63) is 139 Å². The zero-order valence-electron chi connectivity index (χ0n) is 23.7. The van der Waals surface area contributed by atoms with Crippen molar-refractivity contribution in [2.75, 3.05) is 6.54 Å². The van der Waals surface area contributed by atoms with Crippen LogP contribution in [0.2, 0.25) is 0 Å². The van der Waals surface area contributed by atoms with Gasteiger partial charge in [0.25, 0.3) is 0 Å². The van der Waals surface area contributed by atoms with Gasteiger partial charge in [-0.1, -0.05) is 91.0 Å². The summed E-state index contributed by atoms with van der Waals surface area (Å²) < 4.78 is 55.1. The van der Waals surface area contributed by atoms with Gasteiger partial charge in [0.2, 0.25) is 15.9 Å². The van der Waals surface area contributed by atoms with Crippen LogP contribution in [0.1, 0.15) is 16.9 Å². The number of hydrogen-bond donors (Lipinski definition) is 4. The molecular weight excluding hydrogens is 635 g/mol. The average Bonchev–Trinajstić information content (AvgIpc) is 3.03. The minimum atomic E-state index is -4.33. The molecule has 0 saturated heterocycles. The molecule has 0 fully saturated rings. The number of nitrogen functional groups attached to an aromatic ring is 1. The number of halogens is 1. The summed E-state index contributed by atoms with van der Waals surface area (Å²) in [6.45, 7) is -0.659. The number of hydrogen-bond acceptors (Lipinski definition) is 7. The van der Waals surface area contributed by atoms with Gasteiger partial charge in [-0.3, -0.25) is 10.2 Å². The van der Waals surface area contributed by atoms with Gasteiger partial charge in [0.1, 0.15) is 17.3 Å². The number of benzene rings is 5. The number of carbonyl (C=O) groups is 1. The number of rotatable bonds is 12. The van der Waals surface area contributed by atoms with Crippen LogP contribution in [0.5, 0.6) is 11.5 Å². The summed E-state index contributed by atoms with van der Waals surface area (Å²) in [6.07, 6.45) is 0. The average molecular weight is 665 g/mol.